The van der Waals surface area contributed by atoms with Gasteiger partial charge >= 0.3 is 0 Å². The summed E-state index contributed by atoms with van der Waals surface area (Å²) in [6, 6.07) is 90.5. The molecule has 0 nitrogen and oxygen atoms in total. The smallest absolute Gasteiger partial charge is 0 e. The average molecular weight is 790 g/mol. The second-order valence-corrected chi connectivity index (χ2v) is 14.4. The third kappa shape index (κ3) is 8.38. The van der Waals surface area contributed by atoms with Crippen LogP contribution in [0.2, 0.25) is 0 Å². The minimum Gasteiger partial charge on any atom is -0.533 e. The van der Waals surface area contributed by atoms with E-state index in [2.05, 4.69) is 255 Å². The van der Waals surface area contributed by atoms with Gasteiger partial charge in [0.05, 0.1) is 0 Å². The predicted octanol–water partition coefficient (Wildman–Crippen LogP) is 16.1. The Labute approximate surface area is 360 Å². The van der Waals surface area contributed by atoms with Crippen molar-refractivity contribution in [2.24, 2.45) is 0 Å². The van der Waals surface area contributed by atoms with E-state index < -0.39 is 0 Å². The molecule has 0 aliphatic carbocycles. The van der Waals surface area contributed by atoms with Gasteiger partial charge in [-0.2, -0.15) is 42.0 Å². The van der Waals surface area contributed by atoms with Crippen molar-refractivity contribution in [1.82, 2.24) is 0 Å². The summed E-state index contributed by atoms with van der Waals surface area (Å²) in [5.41, 5.74) is 20.2. The van der Waals surface area contributed by atoms with E-state index >= 15 is 0 Å². The quantitative estimate of drug-likeness (QED) is 0.135. The normalized spacial score (nSPS) is 10.6. The summed E-state index contributed by atoms with van der Waals surface area (Å²) in [5.74, 6) is 0. The second kappa shape index (κ2) is 18.5. The first-order valence-electron chi connectivity index (χ1n) is 19.9. The van der Waals surface area contributed by atoms with Crippen LogP contribution >= 0.6 is 0 Å². The third-order valence-corrected chi connectivity index (χ3v) is 10.7. The van der Waals surface area contributed by atoms with Crippen LogP contribution in [0.25, 0.3) is 89.0 Å². The fourth-order valence-corrected chi connectivity index (χ4v) is 8.12. The predicted molar refractivity (Wildman–Crippen MR) is 248 cm³/mol. The maximum absolute atomic E-state index is 2.36. The SMILES string of the molecule is [V].c1ccc(-[c-]2[cH-][c-](-c3ccccc3)[c-](-c3ccccc3)[c-]2-c2ccccc2)cc1.c1ccc(-c2c[c-](-c3ccccc3)c(-c3ccccc3)c2-c2ccccc2)cc1. The van der Waals surface area contributed by atoms with Gasteiger partial charge in [-0.25, -0.2) is 0 Å². The first kappa shape index (κ1) is 38.9. The van der Waals surface area contributed by atoms with Crippen LogP contribution in [0.1, 0.15) is 0 Å². The molecular formula is C58H42V-6. The van der Waals surface area contributed by atoms with Gasteiger partial charge in [-0.05, 0) is 0 Å². The van der Waals surface area contributed by atoms with E-state index in [1.807, 2.05) is 0 Å². The molecule has 10 rings (SSSR count). The van der Waals surface area contributed by atoms with Gasteiger partial charge in [-0.15, -0.1) is 29.8 Å². The van der Waals surface area contributed by atoms with Crippen LogP contribution < -0.4 is 0 Å². The molecule has 0 fully saturated rings. The fourth-order valence-electron chi connectivity index (χ4n) is 8.12. The molecule has 0 unspecified atom stereocenters. The van der Waals surface area contributed by atoms with Gasteiger partial charge in [0.2, 0.25) is 0 Å². The standard InChI is InChI=1S/2C29H21.V/c2*1-5-13-22(14-6-1)26-21-27(23-15-7-2-8-16-23)29(25-19-11-4-12-20-25)28(26)24-17-9-3-10-18-24;/h2*1-21H;/q-5;-1;. The third-order valence-electron chi connectivity index (χ3n) is 10.7. The van der Waals surface area contributed by atoms with Crippen molar-refractivity contribution in [1.29, 1.82) is 0 Å². The van der Waals surface area contributed by atoms with Crippen LogP contribution in [0.4, 0.5) is 0 Å². The van der Waals surface area contributed by atoms with Gasteiger partial charge in [0.25, 0.3) is 0 Å². The first-order chi connectivity index (χ1) is 28.8. The molecule has 0 aliphatic rings. The minimum absolute atomic E-state index is 0. The zero-order valence-electron chi connectivity index (χ0n) is 32.7. The van der Waals surface area contributed by atoms with E-state index in [4.69, 9.17) is 0 Å². The summed E-state index contributed by atoms with van der Waals surface area (Å²) in [4.78, 5) is 0. The van der Waals surface area contributed by atoms with Crippen LogP contribution in [-0.4, -0.2) is 0 Å². The molecule has 0 amide bonds. The van der Waals surface area contributed by atoms with E-state index in [0.29, 0.717) is 0 Å². The second-order valence-electron chi connectivity index (χ2n) is 14.4. The Morgan fingerprint density at radius 3 is 0.983 bits per heavy atom. The van der Waals surface area contributed by atoms with Gasteiger partial charge in [0, 0.05) is 18.6 Å². The minimum atomic E-state index is 0. The van der Waals surface area contributed by atoms with Crippen molar-refractivity contribution in [3.63, 3.8) is 0 Å². The van der Waals surface area contributed by atoms with Gasteiger partial charge in [0.1, 0.15) is 0 Å². The van der Waals surface area contributed by atoms with E-state index in [1.165, 1.54) is 89.0 Å². The first-order valence-corrected chi connectivity index (χ1v) is 19.9. The number of rotatable bonds is 8. The Kier molecular flexibility index (Phi) is 12.2. The van der Waals surface area contributed by atoms with E-state index in [1.54, 1.807) is 0 Å². The largest absolute Gasteiger partial charge is 0.533 e. The Balaban J connectivity index is 0.000000161. The van der Waals surface area contributed by atoms with Crippen molar-refractivity contribution < 1.29 is 18.6 Å². The summed E-state index contributed by atoms with van der Waals surface area (Å²) in [6.45, 7) is 0. The summed E-state index contributed by atoms with van der Waals surface area (Å²) >= 11 is 0. The van der Waals surface area contributed by atoms with Crippen molar-refractivity contribution in [3.8, 4) is 89.0 Å². The van der Waals surface area contributed by atoms with Crippen molar-refractivity contribution >= 4 is 0 Å². The van der Waals surface area contributed by atoms with Crippen LogP contribution in [0.3, 0.4) is 0 Å². The molecule has 0 saturated carbocycles. The molecule has 0 aliphatic heterocycles. The zero-order chi connectivity index (χ0) is 38.9. The molecule has 0 atom stereocenters. The van der Waals surface area contributed by atoms with Gasteiger partial charge in [0.15, 0.2) is 0 Å². The molecule has 1 heteroatoms. The number of hydrogen-bond donors (Lipinski definition) is 0. The molecule has 0 aromatic heterocycles. The molecule has 0 N–H and O–H groups in total. The van der Waals surface area contributed by atoms with Crippen LogP contribution in [0, 0.1) is 0 Å². The van der Waals surface area contributed by atoms with Crippen LogP contribution in [0.15, 0.2) is 255 Å². The van der Waals surface area contributed by atoms with Crippen LogP contribution in [-0.2, 0) is 18.6 Å². The molecule has 0 spiro atoms. The Hall–Kier alpha value is -6.96. The monoisotopic (exact) mass is 789 g/mol. The summed E-state index contributed by atoms with van der Waals surface area (Å²) in [5, 5.41) is 0. The molecular weight excluding hydrogens is 748 g/mol. The molecule has 10 aromatic rings. The van der Waals surface area contributed by atoms with E-state index in [-0.39, 0.29) is 18.6 Å². The molecule has 1 radical (unpaired) electrons. The maximum atomic E-state index is 2.36. The molecule has 0 heterocycles. The average Bonchev–Trinajstić information content (AvgIpc) is 3.93. The summed E-state index contributed by atoms with van der Waals surface area (Å²) in [6.07, 6.45) is 0. The zero-order valence-corrected chi connectivity index (χ0v) is 34.1. The van der Waals surface area contributed by atoms with Crippen molar-refractivity contribution in [2.75, 3.05) is 0 Å². The van der Waals surface area contributed by atoms with Gasteiger partial charge in [-0.1, -0.05) is 215 Å². The topological polar surface area (TPSA) is 0 Å². The molecule has 59 heavy (non-hydrogen) atoms. The molecule has 10 aromatic carbocycles. The number of hydrogen-bond acceptors (Lipinski definition) is 0. The Bertz CT molecular complexity index is 2410. The molecule has 0 bridgehead atoms. The molecule has 285 valence electrons. The Morgan fingerprint density at radius 2 is 0.593 bits per heavy atom. The van der Waals surface area contributed by atoms with Gasteiger partial charge in [-0.3, -0.25) is 5.56 Å². The number of benzene rings is 8. The van der Waals surface area contributed by atoms with Crippen molar-refractivity contribution in [3.05, 3.63) is 255 Å². The van der Waals surface area contributed by atoms with Crippen molar-refractivity contribution in [2.45, 2.75) is 0 Å². The Morgan fingerprint density at radius 1 is 0.288 bits per heavy atom. The van der Waals surface area contributed by atoms with Crippen LogP contribution in [0.5, 0.6) is 0 Å². The van der Waals surface area contributed by atoms with E-state index in [9.17, 15) is 0 Å². The summed E-state index contributed by atoms with van der Waals surface area (Å²) < 4.78 is 0. The van der Waals surface area contributed by atoms with E-state index in [0.717, 1.165) is 0 Å². The molecule has 0 saturated heterocycles. The fraction of sp³-hybridized carbons (Fsp3) is 0. The van der Waals surface area contributed by atoms with Gasteiger partial charge < -0.3 is 51.6 Å². The maximum Gasteiger partial charge on any atom is 0 e. The summed E-state index contributed by atoms with van der Waals surface area (Å²) in [7, 11) is 0.